The molecular weight excluding hydrogens is 270 g/mol. The van der Waals surface area contributed by atoms with Crippen molar-refractivity contribution in [3.8, 4) is 23.0 Å². The number of aromatic nitrogens is 3. The second-order valence-electron chi connectivity index (χ2n) is 4.81. The molecule has 0 aliphatic carbocycles. The third-order valence-corrected chi connectivity index (χ3v) is 3.35. The highest BCUT2D eigenvalue weighted by molar-refractivity contribution is 5.53. The van der Waals surface area contributed by atoms with Crippen LogP contribution < -0.4 is 4.74 Å². The maximum Gasteiger partial charge on any atom is 0.259 e. The molecule has 1 N–H and O–H groups in total. The first-order chi connectivity index (χ1) is 10.3. The summed E-state index contributed by atoms with van der Waals surface area (Å²) in [4.78, 5) is 8.22. The fourth-order valence-electron chi connectivity index (χ4n) is 2.35. The summed E-state index contributed by atoms with van der Waals surface area (Å²) < 4.78 is 11.0. The van der Waals surface area contributed by atoms with Gasteiger partial charge in [-0.1, -0.05) is 23.4 Å². The van der Waals surface area contributed by atoms with Crippen LogP contribution in [0.25, 0.3) is 11.5 Å². The first kappa shape index (κ1) is 11.9. The van der Waals surface area contributed by atoms with Crippen LogP contribution in [0.3, 0.4) is 0 Å². The second-order valence-corrected chi connectivity index (χ2v) is 4.81. The van der Waals surface area contributed by atoms with Crippen LogP contribution in [-0.2, 0) is 6.42 Å². The summed E-state index contributed by atoms with van der Waals surface area (Å²) in [7, 11) is 0. The largest absolute Gasteiger partial charge is 0.506 e. The van der Waals surface area contributed by atoms with Crippen LogP contribution in [0.4, 0.5) is 0 Å². The fourth-order valence-corrected chi connectivity index (χ4v) is 2.35. The number of rotatable bonds is 2. The molecule has 1 atom stereocenters. The van der Waals surface area contributed by atoms with Gasteiger partial charge < -0.3 is 14.4 Å². The third kappa shape index (κ3) is 2.10. The van der Waals surface area contributed by atoms with Gasteiger partial charge in [-0.05, 0) is 17.7 Å². The van der Waals surface area contributed by atoms with Gasteiger partial charge in [0.25, 0.3) is 5.89 Å². The zero-order chi connectivity index (χ0) is 14.2. The van der Waals surface area contributed by atoms with E-state index < -0.39 is 0 Å². The maximum atomic E-state index is 9.43. The van der Waals surface area contributed by atoms with Crippen molar-refractivity contribution in [3.05, 3.63) is 54.1 Å². The van der Waals surface area contributed by atoms with Crippen LogP contribution in [0, 0.1) is 0 Å². The lowest BCUT2D eigenvalue weighted by molar-refractivity contribution is 0.221. The molecule has 3 aromatic rings. The molecule has 6 heteroatoms. The number of benzene rings is 1. The molecule has 0 amide bonds. The predicted molar refractivity (Wildman–Crippen MR) is 72.7 cm³/mol. The zero-order valence-corrected chi connectivity index (χ0v) is 10.9. The lowest BCUT2D eigenvalue weighted by atomic mass is 10.1. The van der Waals surface area contributed by atoms with Crippen LogP contribution in [-0.4, -0.2) is 20.2 Å². The Kier molecular flexibility index (Phi) is 2.60. The van der Waals surface area contributed by atoms with Crippen LogP contribution in [0.1, 0.15) is 17.5 Å². The van der Waals surface area contributed by atoms with Gasteiger partial charge in [0.2, 0.25) is 5.82 Å². The van der Waals surface area contributed by atoms with Gasteiger partial charge in [-0.15, -0.1) is 0 Å². The van der Waals surface area contributed by atoms with E-state index in [2.05, 4.69) is 15.1 Å². The molecule has 1 aliphatic heterocycles. The fraction of sp³-hybridized carbons (Fsp3) is 0.133. The predicted octanol–water partition coefficient (Wildman–Crippen LogP) is 2.51. The Balaban J connectivity index is 1.62. The average molecular weight is 281 g/mol. The van der Waals surface area contributed by atoms with Gasteiger partial charge in [-0.2, -0.15) is 4.98 Å². The third-order valence-electron chi connectivity index (χ3n) is 3.35. The van der Waals surface area contributed by atoms with Crippen LogP contribution in [0.2, 0.25) is 0 Å². The highest BCUT2D eigenvalue weighted by Gasteiger charge is 2.28. The Morgan fingerprint density at radius 3 is 2.95 bits per heavy atom. The normalized spacial score (nSPS) is 16.5. The minimum atomic E-state index is -0.245. The molecule has 3 heterocycles. The Morgan fingerprint density at radius 1 is 1.19 bits per heavy atom. The molecule has 1 aromatic carbocycles. The molecule has 4 rings (SSSR count). The minimum absolute atomic E-state index is 0.0526. The van der Waals surface area contributed by atoms with Crippen LogP contribution >= 0.6 is 0 Å². The lowest BCUT2D eigenvalue weighted by Gasteiger charge is -2.04. The summed E-state index contributed by atoms with van der Waals surface area (Å²) in [6.45, 7) is 0. The number of aromatic hydroxyl groups is 1. The van der Waals surface area contributed by atoms with Gasteiger partial charge in [-0.3, -0.25) is 4.98 Å². The molecule has 21 heavy (non-hydrogen) atoms. The zero-order valence-electron chi connectivity index (χ0n) is 10.9. The van der Waals surface area contributed by atoms with Crippen molar-refractivity contribution in [1.29, 1.82) is 0 Å². The van der Waals surface area contributed by atoms with E-state index in [1.54, 1.807) is 6.20 Å². The molecule has 0 saturated carbocycles. The van der Waals surface area contributed by atoms with Crippen molar-refractivity contribution >= 4 is 0 Å². The molecule has 1 unspecified atom stereocenters. The molecule has 1 aliphatic rings. The standard InChI is InChI=1S/C15H11N3O3/c19-11-5-10(7-16-8-11)15-17-14(18-21-15)13-6-9-3-1-2-4-12(9)20-13/h1-5,7-8,13,19H,6H2. The van der Waals surface area contributed by atoms with Gasteiger partial charge in [0.15, 0.2) is 6.10 Å². The molecular formula is C15H11N3O3. The highest BCUT2D eigenvalue weighted by Crippen LogP contribution is 2.35. The number of hydrogen-bond donors (Lipinski definition) is 1. The van der Waals surface area contributed by atoms with E-state index in [1.807, 2.05) is 24.3 Å². The van der Waals surface area contributed by atoms with Crippen molar-refractivity contribution in [3.63, 3.8) is 0 Å². The molecule has 0 fully saturated rings. The topological polar surface area (TPSA) is 81.3 Å². The molecule has 6 nitrogen and oxygen atoms in total. The molecule has 0 saturated heterocycles. The monoisotopic (exact) mass is 281 g/mol. The van der Waals surface area contributed by atoms with Crippen molar-refractivity contribution in [2.75, 3.05) is 0 Å². The SMILES string of the molecule is Oc1cncc(-c2nc(C3Cc4ccccc4O3)no2)c1. The Morgan fingerprint density at radius 2 is 2.10 bits per heavy atom. The average Bonchev–Trinajstić information content (AvgIpc) is 3.14. The van der Waals surface area contributed by atoms with Gasteiger partial charge in [-0.25, -0.2) is 0 Å². The number of ether oxygens (including phenoxy) is 1. The quantitative estimate of drug-likeness (QED) is 0.777. The summed E-state index contributed by atoms with van der Waals surface area (Å²) in [5, 5.41) is 13.4. The van der Waals surface area contributed by atoms with E-state index in [9.17, 15) is 5.11 Å². The summed E-state index contributed by atoms with van der Waals surface area (Å²) in [5.41, 5.74) is 1.71. The first-order valence-corrected chi connectivity index (χ1v) is 6.52. The smallest absolute Gasteiger partial charge is 0.259 e. The number of fused-ring (bicyclic) bond motifs is 1. The van der Waals surface area contributed by atoms with E-state index >= 15 is 0 Å². The van der Waals surface area contributed by atoms with Crippen molar-refractivity contribution < 1.29 is 14.4 Å². The lowest BCUT2D eigenvalue weighted by Crippen LogP contribution is -2.05. The Labute approximate surface area is 120 Å². The van der Waals surface area contributed by atoms with Crippen molar-refractivity contribution in [2.24, 2.45) is 0 Å². The highest BCUT2D eigenvalue weighted by atomic mass is 16.5. The number of para-hydroxylation sites is 1. The Bertz CT molecular complexity index is 775. The molecule has 0 radical (unpaired) electrons. The van der Waals surface area contributed by atoms with E-state index in [0.29, 0.717) is 23.7 Å². The van der Waals surface area contributed by atoms with E-state index in [-0.39, 0.29) is 11.9 Å². The van der Waals surface area contributed by atoms with Gasteiger partial charge in [0.1, 0.15) is 11.5 Å². The minimum Gasteiger partial charge on any atom is -0.506 e. The summed E-state index contributed by atoms with van der Waals surface area (Å²) in [6, 6.07) is 9.38. The number of pyridine rings is 1. The maximum absolute atomic E-state index is 9.43. The van der Waals surface area contributed by atoms with Gasteiger partial charge in [0, 0.05) is 12.6 Å². The van der Waals surface area contributed by atoms with Crippen LogP contribution in [0.15, 0.2) is 47.2 Å². The molecule has 104 valence electrons. The summed E-state index contributed by atoms with van der Waals surface area (Å²) in [6.07, 6.45) is 3.37. The number of hydrogen-bond acceptors (Lipinski definition) is 6. The first-order valence-electron chi connectivity index (χ1n) is 6.52. The van der Waals surface area contributed by atoms with Crippen molar-refractivity contribution in [1.82, 2.24) is 15.1 Å². The summed E-state index contributed by atoms with van der Waals surface area (Å²) in [5.74, 6) is 1.71. The molecule has 2 aromatic heterocycles. The second kappa shape index (κ2) is 4.59. The van der Waals surface area contributed by atoms with E-state index in [1.165, 1.54) is 12.3 Å². The van der Waals surface area contributed by atoms with E-state index in [0.717, 1.165) is 11.3 Å². The Hall–Kier alpha value is -2.89. The summed E-state index contributed by atoms with van der Waals surface area (Å²) >= 11 is 0. The van der Waals surface area contributed by atoms with E-state index in [4.69, 9.17) is 9.26 Å². The number of nitrogens with zero attached hydrogens (tertiary/aromatic N) is 3. The molecule has 0 spiro atoms. The molecule has 0 bridgehead atoms. The van der Waals surface area contributed by atoms with Crippen LogP contribution in [0.5, 0.6) is 11.5 Å². The van der Waals surface area contributed by atoms with Gasteiger partial charge in [0.05, 0.1) is 11.8 Å². The van der Waals surface area contributed by atoms with Gasteiger partial charge >= 0.3 is 0 Å². The van der Waals surface area contributed by atoms with Crippen molar-refractivity contribution in [2.45, 2.75) is 12.5 Å².